The van der Waals surface area contributed by atoms with Crippen molar-refractivity contribution in [2.45, 2.75) is 0 Å². The van der Waals surface area contributed by atoms with Gasteiger partial charge in [-0.1, -0.05) is 6.58 Å². The molecule has 0 rings (SSSR count). The predicted molar refractivity (Wildman–Crippen MR) is 43.9 cm³/mol. The lowest BCUT2D eigenvalue weighted by molar-refractivity contribution is -0.137. The van der Waals surface area contributed by atoms with E-state index in [0.29, 0.717) is 0 Å². The van der Waals surface area contributed by atoms with E-state index in [0.717, 1.165) is 6.08 Å². The van der Waals surface area contributed by atoms with Crippen LogP contribution >= 0.6 is 0 Å². The van der Waals surface area contributed by atoms with E-state index in [9.17, 15) is 14.4 Å². The molecule has 13 heavy (non-hydrogen) atoms. The molecule has 0 aromatic heterocycles. The molecule has 0 aliphatic rings. The Bertz CT molecular complexity index is 237. The topological polar surface area (TPSA) is 95.5 Å². The highest BCUT2D eigenvalue weighted by Crippen LogP contribution is 1.68. The van der Waals surface area contributed by atoms with Gasteiger partial charge in [-0.25, -0.2) is 0 Å². The van der Waals surface area contributed by atoms with Crippen LogP contribution in [0.2, 0.25) is 0 Å². The Kier molecular flexibility index (Phi) is 4.94. The van der Waals surface area contributed by atoms with E-state index in [1.165, 1.54) is 0 Å². The quantitative estimate of drug-likeness (QED) is 0.455. The molecular weight excluding hydrogens is 176 g/mol. The Morgan fingerprint density at radius 1 is 1.23 bits per heavy atom. The summed E-state index contributed by atoms with van der Waals surface area (Å²) in [5.74, 6) is -2.17. The van der Waals surface area contributed by atoms with Gasteiger partial charge in [0, 0.05) is 0 Å². The third-order valence-electron chi connectivity index (χ3n) is 1.05. The van der Waals surface area contributed by atoms with Crippen LogP contribution in [0.25, 0.3) is 0 Å². The zero-order valence-corrected chi connectivity index (χ0v) is 6.87. The number of carbonyl (C=O) groups is 3. The molecule has 0 aromatic carbocycles. The smallest absolute Gasteiger partial charge is 0.322 e. The molecule has 0 heterocycles. The highest BCUT2D eigenvalue weighted by Gasteiger charge is 2.03. The highest BCUT2D eigenvalue weighted by atomic mass is 16.4. The molecule has 0 aliphatic heterocycles. The van der Waals surface area contributed by atoms with Crippen LogP contribution in [0.4, 0.5) is 0 Å². The minimum Gasteiger partial charge on any atom is -0.480 e. The van der Waals surface area contributed by atoms with Gasteiger partial charge in [0.1, 0.15) is 6.54 Å². The van der Waals surface area contributed by atoms with Crippen molar-refractivity contribution < 1.29 is 19.5 Å². The fourth-order valence-corrected chi connectivity index (χ4v) is 0.476. The summed E-state index contributed by atoms with van der Waals surface area (Å²) in [5, 5.41) is 12.4. The minimum atomic E-state index is -1.14. The Hall–Kier alpha value is -1.85. The van der Waals surface area contributed by atoms with Gasteiger partial charge in [0.15, 0.2) is 0 Å². The summed E-state index contributed by atoms with van der Waals surface area (Å²) in [6, 6.07) is 0. The van der Waals surface area contributed by atoms with Crippen LogP contribution in [0.3, 0.4) is 0 Å². The summed E-state index contributed by atoms with van der Waals surface area (Å²) in [4.78, 5) is 31.3. The average molecular weight is 186 g/mol. The van der Waals surface area contributed by atoms with Crippen molar-refractivity contribution in [3.05, 3.63) is 12.7 Å². The van der Waals surface area contributed by atoms with E-state index >= 15 is 0 Å². The third kappa shape index (κ3) is 6.54. The highest BCUT2D eigenvalue weighted by molar-refractivity contribution is 5.91. The lowest BCUT2D eigenvalue weighted by atomic mass is 10.5. The van der Waals surface area contributed by atoms with Crippen LogP contribution in [-0.2, 0) is 14.4 Å². The molecule has 0 aliphatic carbocycles. The molecule has 0 spiro atoms. The zero-order chi connectivity index (χ0) is 10.3. The molecule has 72 valence electrons. The normalized spacial score (nSPS) is 8.62. The number of carboxylic acids is 1. The lowest BCUT2D eigenvalue weighted by Crippen LogP contribution is -2.38. The van der Waals surface area contributed by atoms with Crippen molar-refractivity contribution in [3.8, 4) is 0 Å². The second-order valence-electron chi connectivity index (χ2n) is 2.09. The summed E-state index contributed by atoms with van der Waals surface area (Å²) in [5.41, 5.74) is 0. The first-order valence-electron chi connectivity index (χ1n) is 3.45. The van der Waals surface area contributed by atoms with Crippen molar-refractivity contribution in [3.63, 3.8) is 0 Å². The van der Waals surface area contributed by atoms with Gasteiger partial charge in [-0.2, -0.15) is 0 Å². The molecule has 0 bridgehead atoms. The molecule has 0 atom stereocenters. The number of nitrogens with one attached hydrogen (secondary N) is 2. The number of amides is 2. The second-order valence-corrected chi connectivity index (χ2v) is 2.09. The van der Waals surface area contributed by atoms with Crippen molar-refractivity contribution in [1.82, 2.24) is 10.6 Å². The molecule has 3 N–H and O–H groups in total. The average Bonchev–Trinajstić information content (AvgIpc) is 2.10. The van der Waals surface area contributed by atoms with Crippen molar-refractivity contribution in [2.75, 3.05) is 13.1 Å². The number of hydrogen-bond donors (Lipinski definition) is 3. The predicted octanol–water partition coefficient (Wildman–Crippen LogP) is -1.51. The summed E-state index contributed by atoms with van der Waals surface area (Å²) >= 11 is 0. The largest absolute Gasteiger partial charge is 0.480 e. The standard InChI is InChI=1S/C7H10N2O4/c1-2-5(10)8-3-6(11)9-4-7(12)13/h2H,1,3-4H2,(H,8,10)(H,9,11)(H,12,13). The number of aliphatic carboxylic acids is 1. The van der Waals surface area contributed by atoms with E-state index in [1.54, 1.807) is 0 Å². The molecule has 0 saturated carbocycles. The van der Waals surface area contributed by atoms with Crippen molar-refractivity contribution in [2.24, 2.45) is 0 Å². The monoisotopic (exact) mass is 186 g/mol. The first-order chi connectivity index (χ1) is 6.06. The molecule has 0 radical (unpaired) electrons. The van der Waals surface area contributed by atoms with Crippen LogP contribution in [-0.4, -0.2) is 36.0 Å². The van der Waals surface area contributed by atoms with Gasteiger partial charge in [0.05, 0.1) is 6.54 Å². The van der Waals surface area contributed by atoms with Crippen LogP contribution in [0, 0.1) is 0 Å². The van der Waals surface area contributed by atoms with E-state index in [1.807, 2.05) is 0 Å². The minimum absolute atomic E-state index is 0.252. The van der Waals surface area contributed by atoms with Gasteiger partial charge in [-0.15, -0.1) is 0 Å². The van der Waals surface area contributed by atoms with Gasteiger partial charge < -0.3 is 15.7 Å². The summed E-state index contributed by atoms with van der Waals surface area (Å²) in [6.07, 6.45) is 1.02. The van der Waals surface area contributed by atoms with Gasteiger partial charge in [0.25, 0.3) is 0 Å². The van der Waals surface area contributed by atoms with E-state index < -0.39 is 24.3 Å². The van der Waals surface area contributed by atoms with Crippen LogP contribution in [0.1, 0.15) is 0 Å². The fraction of sp³-hybridized carbons (Fsp3) is 0.286. The number of carboxylic acid groups (broad SMARTS) is 1. The first-order valence-corrected chi connectivity index (χ1v) is 3.45. The number of rotatable bonds is 5. The maximum absolute atomic E-state index is 10.7. The van der Waals surface area contributed by atoms with Crippen molar-refractivity contribution in [1.29, 1.82) is 0 Å². The molecule has 6 heteroatoms. The third-order valence-corrected chi connectivity index (χ3v) is 1.05. The molecule has 6 nitrogen and oxygen atoms in total. The Labute approximate surface area is 74.6 Å². The van der Waals surface area contributed by atoms with Gasteiger partial charge >= 0.3 is 5.97 Å². The summed E-state index contributed by atoms with van der Waals surface area (Å²) in [7, 11) is 0. The number of carbonyl (C=O) groups excluding carboxylic acids is 2. The molecule has 0 aromatic rings. The zero-order valence-electron chi connectivity index (χ0n) is 6.87. The molecule has 2 amide bonds. The van der Waals surface area contributed by atoms with Gasteiger partial charge in [0.2, 0.25) is 11.8 Å². The number of hydrogen-bond acceptors (Lipinski definition) is 3. The van der Waals surface area contributed by atoms with Crippen LogP contribution < -0.4 is 10.6 Å². The Morgan fingerprint density at radius 2 is 1.85 bits per heavy atom. The van der Waals surface area contributed by atoms with Crippen LogP contribution in [0.15, 0.2) is 12.7 Å². The SMILES string of the molecule is C=CC(=O)NCC(=O)NCC(=O)O. The van der Waals surface area contributed by atoms with Gasteiger partial charge in [-0.3, -0.25) is 14.4 Å². The molecule has 0 saturated heterocycles. The van der Waals surface area contributed by atoms with E-state index in [-0.39, 0.29) is 6.54 Å². The lowest BCUT2D eigenvalue weighted by Gasteiger charge is -2.01. The second kappa shape index (κ2) is 5.76. The maximum atomic E-state index is 10.7. The van der Waals surface area contributed by atoms with Gasteiger partial charge in [-0.05, 0) is 6.08 Å². The Morgan fingerprint density at radius 3 is 2.31 bits per heavy atom. The maximum Gasteiger partial charge on any atom is 0.322 e. The van der Waals surface area contributed by atoms with E-state index in [4.69, 9.17) is 5.11 Å². The molecular formula is C7H10N2O4. The summed E-state index contributed by atoms with van der Waals surface area (Å²) in [6.45, 7) is 2.47. The first kappa shape index (κ1) is 11.2. The van der Waals surface area contributed by atoms with Crippen LogP contribution in [0.5, 0.6) is 0 Å². The van der Waals surface area contributed by atoms with E-state index in [2.05, 4.69) is 17.2 Å². The fourth-order valence-electron chi connectivity index (χ4n) is 0.476. The summed E-state index contributed by atoms with van der Waals surface area (Å²) < 4.78 is 0. The molecule has 0 unspecified atom stereocenters. The molecule has 0 fully saturated rings. The Balaban J connectivity index is 3.57. The van der Waals surface area contributed by atoms with Crippen molar-refractivity contribution >= 4 is 17.8 Å².